The highest BCUT2D eigenvalue weighted by atomic mass is 16.5. The molecule has 3 nitrogen and oxygen atoms in total. The van der Waals surface area contributed by atoms with Crippen LogP contribution in [0.2, 0.25) is 0 Å². The Morgan fingerprint density at radius 1 is 1.40 bits per heavy atom. The van der Waals surface area contributed by atoms with E-state index in [0.717, 1.165) is 19.2 Å². The van der Waals surface area contributed by atoms with E-state index in [4.69, 9.17) is 10.5 Å². The average Bonchev–Trinajstić information content (AvgIpc) is 2.71. The second kappa shape index (κ2) is 6.46. The molecule has 90 valence electrons. The number of hydrogen-bond donors (Lipinski definition) is 1. The fraction of sp³-hybridized carbons (Fsp3) is 1.00. The predicted octanol–water partition coefficient (Wildman–Crippen LogP) is 1.47. The zero-order chi connectivity index (χ0) is 11.3. The molecule has 0 saturated heterocycles. The van der Waals surface area contributed by atoms with Gasteiger partial charge in [0.05, 0.1) is 6.61 Å². The Balaban J connectivity index is 2.48. The van der Waals surface area contributed by atoms with Gasteiger partial charge in [-0.1, -0.05) is 19.8 Å². The van der Waals surface area contributed by atoms with Crippen molar-refractivity contribution in [1.29, 1.82) is 0 Å². The Morgan fingerprint density at radius 2 is 2.00 bits per heavy atom. The molecule has 2 unspecified atom stereocenters. The largest absolute Gasteiger partial charge is 0.384 e. The van der Waals surface area contributed by atoms with E-state index < -0.39 is 0 Å². The second-order valence-electron chi connectivity index (χ2n) is 4.84. The summed E-state index contributed by atoms with van der Waals surface area (Å²) in [6, 6.07) is 1.21. The molecule has 1 aliphatic carbocycles. The zero-order valence-electron chi connectivity index (χ0n) is 10.4. The van der Waals surface area contributed by atoms with E-state index in [-0.39, 0.29) is 0 Å². The molecule has 0 aliphatic heterocycles. The summed E-state index contributed by atoms with van der Waals surface area (Å²) in [6.07, 6.45) is 5.44. The number of hydrogen-bond acceptors (Lipinski definition) is 3. The Bertz CT molecular complexity index is 169. The Hall–Kier alpha value is -0.120. The summed E-state index contributed by atoms with van der Waals surface area (Å²) < 4.78 is 5.22. The summed E-state index contributed by atoms with van der Waals surface area (Å²) in [5.41, 5.74) is 5.88. The van der Waals surface area contributed by atoms with Crippen molar-refractivity contribution in [3.05, 3.63) is 0 Å². The van der Waals surface area contributed by atoms with E-state index in [0.29, 0.717) is 12.0 Å². The minimum absolute atomic E-state index is 0.466. The van der Waals surface area contributed by atoms with Crippen LogP contribution in [-0.2, 0) is 4.74 Å². The minimum atomic E-state index is 0.466. The summed E-state index contributed by atoms with van der Waals surface area (Å²) in [5, 5.41) is 0. The smallest absolute Gasteiger partial charge is 0.0503 e. The fourth-order valence-corrected chi connectivity index (χ4v) is 2.76. The van der Waals surface area contributed by atoms with Gasteiger partial charge in [-0.2, -0.15) is 0 Å². The molecule has 1 fully saturated rings. The monoisotopic (exact) mass is 214 g/mol. The third kappa shape index (κ3) is 3.44. The van der Waals surface area contributed by atoms with Crippen molar-refractivity contribution in [3.63, 3.8) is 0 Å². The number of rotatable bonds is 6. The molecule has 1 aliphatic rings. The first kappa shape index (κ1) is 12.9. The lowest BCUT2D eigenvalue weighted by Crippen LogP contribution is -2.48. The zero-order valence-corrected chi connectivity index (χ0v) is 10.4. The molecule has 0 bridgehead atoms. The van der Waals surface area contributed by atoms with E-state index in [1.165, 1.54) is 25.7 Å². The first-order valence-corrected chi connectivity index (χ1v) is 6.11. The average molecular weight is 214 g/mol. The molecule has 2 atom stereocenters. The molecule has 0 aromatic heterocycles. The Kier molecular flexibility index (Phi) is 5.58. The molecular weight excluding hydrogens is 188 g/mol. The molecule has 0 aromatic rings. The van der Waals surface area contributed by atoms with Crippen LogP contribution >= 0.6 is 0 Å². The van der Waals surface area contributed by atoms with Crippen molar-refractivity contribution in [1.82, 2.24) is 4.90 Å². The highest BCUT2D eigenvalue weighted by Crippen LogP contribution is 2.25. The summed E-state index contributed by atoms with van der Waals surface area (Å²) in [7, 11) is 3.99. The van der Waals surface area contributed by atoms with Gasteiger partial charge in [0.15, 0.2) is 0 Å². The van der Waals surface area contributed by atoms with Crippen molar-refractivity contribution in [2.75, 3.05) is 27.3 Å². The highest BCUT2D eigenvalue weighted by Gasteiger charge is 2.27. The maximum atomic E-state index is 5.88. The van der Waals surface area contributed by atoms with Gasteiger partial charge < -0.3 is 10.5 Å². The Morgan fingerprint density at radius 3 is 2.47 bits per heavy atom. The lowest BCUT2D eigenvalue weighted by atomic mass is 9.99. The van der Waals surface area contributed by atoms with Crippen LogP contribution in [0, 0.1) is 5.92 Å². The predicted molar refractivity (Wildman–Crippen MR) is 63.9 cm³/mol. The topological polar surface area (TPSA) is 38.5 Å². The van der Waals surface area contributed by atoms with Crippen molar-refractivity contribution in [2.45, 2.75) is 44.7 Å². The summed E-state index contributed by atoms with van der Waals surface area (Å²) in [4.78, 5) is 2.48. The van der Waals surface area contributed by atoms with Crippen LogP contribution < -0.4 is 5.73 Å². The summed E-state index contributed by atoms with van der Waals surface area (Å²) >= 11 is 0. The molecule has 2 N–H and O–H groups in total. The fourth-order valence-electron chi connectivity index (χ4n) is 2.76. The van der Waals surface area contributed by atoms with Gasteiger partial charge in [-0.25, -0.2) is 0 Å². The van der Waals surface area contributed by atoms with Crippen molar-refractivity contribution < 1.29 is 4.74 Å². The first-order valence-electron chi connectivity index (χ1n) is 6.11. The number of methoxy groups -OCH3 is 1. The molecular formula is C12H26N2O. The van der Waals surface area contributed by atoms with Gasteiger partial charge >= 0.3 is 0 Å². The van der Waals surface area contributed by atoms with Crippen LogP contribution in [0.15, 0.2) is 0 Å². The molecule has 3 heteroatoms. The molecule has 15 heavy (non-hydrogen) atoms. The van der Waals surface area contributed by atoms with Gasteiger partial charge in [0.25, 0.3) is 0 Å². The van der Waals surface area contributed by atoms with E-state index in [1.807, 2.05) is 0 Å². The standard InChI is InChI=1S/C12H26N2O/c1-10(9-15-3)12(8-13)14(2)11-6-4-5-7-11/h10-12H,4-9,13H2,1-3H3. The van der Waals surface area contributed by atoms with Crippen LogP contribution in [-0.4, -0.2) is 44.3 Å². The maximum absolute atomic E-state index is 5.88. The Labute approximate surface area is 94.0 Å². The van der Waals surface area contributed by atoms with Gasteiger partial charge in [0.2, 0.25) is 0 Å². The summed E-state index contributed by atoms with van der Waals surface area (Å²) in [6.45, 7) is 3.77. The molecule has 0 aromatic carbocycles. The van der Waals surface area contributed by atoms with Gasteiger partial charge in [-0.05, 0) is 25.8 Å². The first-order chi connectivity index (χ1) is 7.20. The lowest BCUT2D eigenvalue weighted by molar-refractivity contribution is 0.0775. The van der Waals surface area contributed by atoms with Crippen molar-refractivity contribution >= 4 is 0 Å². The third-order valence-corrected chi connectivity index (χ3v) is 3.75. The SMILES string of the molecule is COCC(C)C(CN)N(C)C1CCCC1. The maximum Gasteiger partial charge on any atom is 0.0503 e. The molecule has 0 radical (unpaired) electrons. The minimum Gasteiger partial charge on any atom is -0.384 e. The van der Waals surface area contributed by atoms with E-state index in [2.05, 4.69) is 18.9 Å². The highest BCUT2D eigenvalue weighted by molar-refractivity contribution is 4.83. The van der Waals surface area contributed by atoms with Crippen LogP contribution in [0.25, 0.3) is 0 Å². The van der Waals surface area contributed by atoms with E-state index >= 15 is 0 Å². The summed E-state index contributed by atoms with van der Waals surface area (Å²) in [5.74, 6) is 0.519. The quantitative estimate of drug-likeness (QED) is 0.727. The normalized spacial score (nSPS) is 22.2. The third-order valence-electron chi connectivity index (χ3n) is 3.75. The van der Waals surface area contributed by atoms with Gasteiger partial charge in [0, 0.05) is 25.7 Å². The van der Waals surface area contributed by atoms with Crippen LogP contribution in [0.1, 0.15) is 32.6 Å². The van der Waals surface area contributed by atoms with Crippen LogP contribution in [0.5, 0.6) is 0 Å². The van der Waals surface area contributed by atoms with Crippen LogP contribution in [0.3, 0.4) is 0 Å². The van der Waals surface area contributed by atoms with Crippen LogP contribution in [0.4, 0.5) is 0 Å². The van der Waals surface area contributed by atoms with Crippen molar-refractivity contribution in [2.24, 2.45) is 11.7 Å². The number of likely N-dealkylation sites (N-methyl/N-ethyl adjacent to an activating group) is 1. The lowest BCUT2D eigenvalue weighted by Gasteiger charge is -2.35. The van der Waals surface area contributed by atoms with Gasteiger partial charge in [-0.3, -0.25) is 4.90 Å². The molecule has 0 amide bonds. The van der Waals surface area contributed by atoms with E-state index in [9.17, 15) is 0 Å². The number of nitrogens with zero attached hydrogens (tertiary/aromatic N) is 1. The number of ether oxygens (including phenoxy) is 1. The second-order valence-corrected chi connectivity index (χ2v) is 4.84. The van der Waals surface area contributed by atoms with Gasteiger partial charge in [0.1, 0.15) is 0 Å². The van der Waals surface area contributed by atoms with Gasteiger partial charge in [-0.15, -0.1) is 0 Å². The van der Waals surface area contributed by atoms with Crippen molar-refractivity contribution in [3.8, 4) is 0 Å². The molecule has 0 spiro atoms. The molecule has 0 heterocycles. The number of nitrogens with two attached hydrogens (primary N) is 1. The molecule has 1 saturated carbocycles. The van der Waals surface area contributed by atoms with E-state index in [1.54, 1.807) is 7.11 Å². The molecule has 1 rings (SSSR count).